The number of oxazole rings is 1. The number of benzene rings is 3. The van der Waals surface area contributed by atoms with Gasteiger partial charge in [-0.1, -0.05) is 24.6 Å². The van der Waals surface area contributed by atoms with Crippen LogP contribution in [-0.2, 0) is 19.8 Å². The Labute approximate surface area is 228 Å². The maximum atomic E-state index is 14.2. The highest BCUT2D eigenvalue weighted by atomic mass is 19.4. The van der Waals surface area contributed by atoms with Crippen LogP contribution >= 0.6 is 0 Å². The Morgan fingerprint density at radius 1 is 1.05 bits per heavy atom. The molecular weight excluding hydrogens is 522 g/mol. The van der Waals surface area contributed by atoms with Crippen molar-refractivity contribution in [3.05, 3.63) is 77.9 Å². The van der Waals surface area contributed by atoms with Gasteiger partial charge >= 0.3 is 6.18 Å². The number of aryl methyl sites for hydroxylation is 1. The van der Waals surface area contributed by atoms with E-state index in [2.05, 4.69) is 27.4 Å². The van der Waals surface area contributed by atoms with Crippen molar-refractivity contribution in [2.45, 2.75) is 44.9 Å². The molecular formula is C30H27F4N5O. The van der Waals surface area contributed by atoms with Crippen LogP contribution in [0.3, 0.4) is 0 Å². The molecule has 3 aromatic carbocycles. The number of rotatable bonds is 7. The Morgan fingerprint density at radius 2 is 1.85 bits per heavy atom. The first kappa shape index (κ1) is 26.2. The summed E-state index contributed by atoms with van der Waals surface area (Å²) in [5.41, 5.74) is 1.89. The standard InChI is InChI=1S/C30H27F4N5O/c1-17(19-5-3-6-19)35-15-18-11-25(30(32,33)34)27-26(12-18)37-29(40-27)21-8-4-7-20(13-21)23-10-9-22(31)14-24(23)28-38-36-16-39(28)2/h4,7-14,16-17,19,35H,3,5-6,15H2,1-2H3/t17-/m0/s1. The van der Waals surface area contributed by atoms with Crippen LogP contribution in [-0.4, -0.2) is 25.8 Å². The highest BCUT2D eigenvalue weighted by Crippen LogP contribution is 2.39. The SMILES string of the molecule is C[C@H](NCc1cc(C(F)(F)F)c2oc(-c3cccc(-c4ccc(F)cc4-c4nncn4C)c3)nc2c1)C1CCC1. The lowest BCUT2D eigenvalue weighted by molar-refractivity contribution is -0.136. The van der Waals surface area contributed by atoms with Gasteiger partial charge in [-0.25, -0.2) is 9.37 Å². The monoisotopic (exact) mass is 549 g/mol. The molecule has 0 radical (unpaired) electrons. The molecule has 0 amide bonds. The first-order valence-corrected chi connectivity index (χ1v) is 13.2. The smallest absolute Gasteiger partial charge is 0.420 e. The molecule has 1 atom stereocenters. The summed E-state index contributed by atoms with van der Waals surface area (Å²) >= 11 is 0. The van der Waals surface area contributed by atoms with Crippen LogP contribution < -0.4 is 5.32 Å². The van der Waals surface area contributed by atoms with E-state index in [0.29, 0.717) is 46.1 Å². The number of hydrogen-bond acceptors (Lipinski definition) is 5. The van der Waals surface area contributed by atoms with Crippen molar-refractivity contribution in [1.82, 2.24) is 25.1 Å². The predicted molar refractivity (Wildman–Crippen MR) is 143 cm³/mol. The van der Waals surface area contributed by atoms with E-state index in [1.54, 1.807) is 41.9 Å². The molecule has 2 aromatic heterocycles. The van der Waals surface area contributed by atoms with E-state index in [1.165, 1.54) is 24.9 Å². The number of fused-ring (bicyclic) bond motifs is 1. The number of halogens is 4. The predicted octanol–water partition coefficient (Wildman–Crippen LogP) is 7.39. The van der Waals surface area contributed by atoms with Crippen molar-refractivity contribution in [3.63, 3.8) is 0 Å². The molecule has 6 nitrogen and oxygen atoms in total. The van der Waals surface area contributed by atoms with Gasteiger partial charge in [-0.15, -0.1) is 10.2 Å². The molecule has 0 unspecified atom stereocenters. The molecule has 40 heavy (non-hydrogen) atoms. The third-order valence-corrected chi connectivity index (χ3v) is 7.69. The fourth-order valence-corrected chi connectivity index (χ4v) is 5.21. The summed E-state index contributed by atoms with van der Waals surface area (Å²) in [7, 11) is 1.76. The first-order valence-electron chi connectivity index (χ1n) is 13.2. The summed E-state index contributed by atoms with van der Waals surface area (Å²) < 4.78 is 63.9. The van der Waals surface area contributed by atoms with Gasteiger partial charge in [-0.05, 0) is 78.8 Å². The molecule has 1 saturated carbocycles. The molecule has 5 aromatic rings. The number of aromatic nitrogens is 4. The summed E-state index contributed by atoms with van der Waals surface area (Å²) in [6, 6.07) is 14.4. The Kier molecular flexibility index (Phi) is 6.66. The van der Waals surface area contributed by atoms with Crippen molar-refractivity contribution in [1.29, 1.82) is 0 Å². The topological polar surface area (TPSA) is 68.8 Å². The molecule has 10 heteroatoms. The first-order chi connectivity index (χ1) is 19.2. The van der Waals surface area contributed by atoms with Crippen LogP contribution in [0.1, 0.15) is 37.3 Å². The zero-order valence-electron chi connectivity index (χ0n) is 22.0. The van der Waals surface area contributed by atoms with E-state index in [-0.39, 0.29) is 23.0 Å². The van der Waals surface area contributed by atoms with Crippen LogP contribution in [0.15, 0.2) is 65.3 Å². The maximum Gasteiger partial charge on any atom is 0.420 e. The molecule has 206 valence electrons. The van der Waals surface area contributed by atoms with Crippen molar-refractivity contribution in [3.8, 4) is 34.0 Å². The van der Waals surface area contributed by atoms with Gasteiger partial charge in [0.1, 0.15) is 23.2 Å². The third-order valence-electron chi connectivity index (χ3n) is 7.69. The minimum atomic E-state index is -4.61. The average Bonchev–Trinajstić information content (AvgIpc) is 3.51. The lowest BCUT2D eigenvalue weighted by Gasteiger charge is -2.32. The molecule has 0 spiro atoms. The Balaban J connectivity index is 1.38. The summed E-state index contributed by atoms with van der Waals surface area (Å²) in [6.07, 6.45) is 0.405. The highest BCUT2D eigenvalue weighted by molar-refractivity contribution is 5.84. The second kappa shape index (κ2) is 10.2. The van der Waals surface area contributed by atoms with E-state index < -0.39 is 17.6 Å². The minimum absolute atomic E-state index is 0.0672. The van der Waals surface area contributed by atoms with E-state index in [9.17, 15) is 17.6 Å². The second-order valence-electron chi connectivity index (χ2n) is 10.4. The number of alkyl halides is 3. The normalized spacial score (nSPS) is 14.9. The summed E-state index contributed by atoms with van der Waals surface area (Å²) in [5, 5.41) is 11.4. The van der Waals surface area contributed by atoms with Crippen molar-refractivity contribution < 1.29 is 22.0 Å². The average molecular weight is 550 g/mol. The fraction of sp³-hybridized carbons (Fsp3) is 0.300. The summed E-state index contributed by atoms with van der Waals surface area (Å²) in [5.74, 6) is 0.679. The van der Waals surface area contributed by atoms with E-state index in [0.717, 1.165) is 18.9 Å². The molecule has 1 fully saturated rings. The van der Waals surface area contributed by atoms with Gasteiger partial charge in [0.25, 0.3) is 0 Å². The molecule has 0 saturated heterocycles. The molecule has 2 heterocycles. The Bertz CT molecular complexity index is 1690. The van der Waals surface area contributed by atoms with Gasteiger partial charge in [-0.2, -0.15) is 13.2 Å². The van der Waals surface area contributed by atoms with Crippen LogP contribution in [0.5, 0.6) is 0 Å². The minimum Gasteiger partial charge on any atom is -0.435 e. The van der Waals surface area contributed by atoms with Crippen molar-refractivity contribution >= 4 is 11.1 Å². The van der Waals surface area contributed by atoms with Crippen LogP contribution in [0.4, 0.5) is 17.6 Å². The number of nitrogens with one attached hydrogen (secondary N) is 1. The summed E-state index contributed by atoms with van der Waals surface area (Å²) in [4.78, 5) is 4.46. The second-order valence-corrected chi connectivity index (χ2v) is 10.4. The fourth-order valence-electron chi connectivity index (χ4n) is 5.21. The molecule has 1 aliphatic rings. The molecule has 1 N–H and O–H groups in total. The quantitative estimate of drug-likeness (QED) is 0.214. The zero-order valence-corrected chi connectivity index (χ0v) is 22.0. The van der Waals surface area contributed by atoms with E-state index in [4.69, 9.17) is 4.42 Å². The molecule has 0 bridgehead atoms. The lowest BCUT2D eigenvalue weighted by Crippen LogP contribution is -2.36. The Hall–Kier alpha value is -4.05. The van der Waals surface area contributed by atoms with Crippen LogP contribution in [0.25, 0.3) is 45.1 Å². The third kappa shape index (κ3) is 4.99. The molecule has 6 rings (SSSR count). The largest absolute Gasteiger partial charge is 0.435 e. The van der Waals surface area contributed by atoms with Crippen molar-refractivity contribution in [2.75, 3.05) is 0 Å². The van der Waals surface area contributed by atoms with Gasteiger partial charge < -0.3 is 14.3 Å². The zero-order chi connectivity index (χ0) is 28.0. The van der Waals surface area contributed by atoms with Gasteiger partial charge in [-0.3, -0.25) is 0 Å². The van der Waals surface area contributed by atoms with Gasteiger partial charge in [0.2, 0.25) is 5.89 Å². The number of nitrogens with zero attached hydrogens (tertiary/aromatic N) is 4. The maximum absolute atomic E-state index is 14.2. The van der Waals surface area contributed by atoms with Gasteiger partial charge in [0.15, 0.2) is 11.4 Å². The Morgan fingerprint density at radius 3 is 2.55 bits per heavy atom. The van der Waals surface area contributed by atoms with Crippen molar-refractivity contribution in [2.24, 2.45) is 13.0 Å². The van der Waals surface area contributed by atoms with Crippen LogP contribution in [0, 0.1) is 11.7 Å². The molecule has 1 aliphatic carbocycles. The van der Waals surface area contributed by atoms with E-state index in [1.807, 2.05) is 6.07 Å². The van der Waals surface area contributed by atoms with E-state index >= 15 is 0 Å². The van der Waals surface area contributed by atoms with Crippen LogP contribution in [0.2, 0.25) is 0 Å². The van der Waals surface area contributed by atoms with Gasteiger partial charge in [0, 0.05) is 30.8 Å². The molecule has 0 aliphatic heterocycles. The number of hydrogen-bond donors (Lipinski definition) is 1. The van der Waals surface area contributed by atoms with Gasteiger partial charge in [0.05, 0.1) is 0 Å². The highest BCUT2D eigenvalue weighted by Gasteiger charge is 2.35. The lowest BCUT2D eigenvalue weighted by atomic mass is 9.80. The summed E-state index contributed by atoms with van der Waals surface area (Å²) in [6.45, 7) is 2.38.